The van der Waals surface area contributed by atoms with Crippen molar-refractivity contribution in [3.05, 3.63) is 23.8 Å². The lowest BCUT2D eigenvalue weighted by atomic mass is 10.2. The van der Waals surface area contributed by atoms with Gasteiger partial charge in [-0.25, -0.2) is 4.99 Å². The minimum Gasteiger partial charge on any atom is -0.490 e. The predicted molar refractivity (Wildman–Crippen MR) is 104 cm³/mol. The first-order chi connectivity index (χ1) is 11.6. The molecule has 0 aliphatic heterocycles. The van der Waals surface area contributed by atoms with Crippen LogP contribution in [-0.2, 0) is 11.3 Å². The van der Waals surface area contributed by atoms with E-state index >= 15 is 0 Å². The molecule has 3 N–H and O–H groups in total. The molecule has 0 aliphatic rings. The lowest BCUT2D eigenvalue weighted by molar-refractivity contribution is -0.0514. The van der Waals surface area contributed by atoms with Crippen LogP contribution >= 0.6 is 24.0 Å². The Morgan fingerprint density at radius 2 is 2.00 bits per heavy atom. The topological polar surface area (TPSA) is 78.1 Å². The summed E-state index contributed by atoms with van der Waals surface area (Å²) in [7, 11) is 0. The second-order valence-corrected chi connectivity index (χ2v) is 4.77. The van der Waals surface area contributed by atoms with Crippen LogP contribution in [0.5, 0.6) is 11.5 Å². The highest BCUT2D eigenvalue weighted by molar-refractivity contribution is 14.0. The molecule has 0 atom stereocenters. The fourth-order valence-electron chi connectivity index (χ4n) is 1.88. The Kier molecular flexibility index (Phi) is 13.1. The molecule has 0 saturated heterocycles. The Hall–Kier alpha value is -1.36. The third-order valence-corrected chi connectivity index (χ3v) is 2.93. The number of hydrogen-bond donors (Lipinski definition) is 2. The van der Waals surface area contributed by atoms with E-state index in [0.717, 1.165) is 12.0 Å². The molecule has 6 nitrogen and oxygen atoms in total. The number of aliphatic imine (C=N–C) groups is 1. The van der Waals surface area contributed by atoms with Gasteiger partial charge in [-0.1, -0.05) is 6.07 Å². The van der Waals surface area contributed by atoms with Gasteiger partial charge in [-0.2, -0.15) is 8.78 Å². The summed E-state index contributed by atoms with van der Waals surface area (Å²) in [6.07, 6.45) is 0.832. The Morgan fingerprint density at radius 3 is 2.64 bits per heavy atom. The predicted octanol–water partition coefficient (Wildman–Crippen LogP) is 3.14. The van der Waals surface area contributed by atoms with Crippen molar-refractivity contribution in [2.75, 3.05) is 26.4 Å². The van der Waals surface area contributed by atoms with E-state index in [1.54, 1.807) is 19.1 Å². The lowest BCUT2D eigenvalue weighted by Gasteiger charge is -2.12. The van der Waals surface area contributed by atoms with Gasteiger partial charge in [0.25, 0.3) is 0 Å². The van der Waals surface area contributed by atoms with Crippen molar-refractivity contribution in [1.82, 2.24) is 5.32 Å². The molecule has 0 aromatic heterocycles. The zero-order chi connectivity index (χ0) is 17.8. The van der Waals surface area contributed by atoms with Crippen molar-refractivity contribution < 1.29 is 23.0 Å². The molecule has 144 valence electrons. The average molecular weight is 473 g/mol. The summed E-state index contributed by atoms with van der Waals surface area (Å²) in [5, 5.41) is 2.98. The maximum Gasteiger partial charge on any atom is 0.387 e. The number of benzene rings is 1. The van der Waals surface area contributed by atoms with Crippen molar-refractivity contribution in [2.24, 2.45) is 10.7 Å². The number of rotatable bonds is 11. The van der Waals surface area contributed by atoms with Crippen LogP contribution in [0.4, 0.5) is 8.78 Å². The van der Waals surface area contributed by atoms with Crippen LogP contribution in [0.15, 0.2) is 23.2 Å². The molecule has 1 aromatic carbocycles. The molecule has 0 amide bonds. The SMILES string of the molecule is CCOCCCNC(N)=NCc1ccc(OC(F)F)c(OCC)c1.I. The van der Waals surface area contributed by atoms with Gasteiger partial charge in [0.15, 0.2) is 17.5 Å². The minimum atomic E-state index is -2.90. The van der Waals surface area contributed by atoms with Crippen molar-refractivity contribution in [3.63, 3.8) is 0 Å². The summed E-state index contributed by atoms with van der Waals surface area (Å²) in [6.45, 7) is 3.48. The quantitative estimate of drug-likeness (QED) is 0.224. The first-order valence-corrected chi connectivity index (χ1v) is 7.88. The van der Waals surface area contributed by atoms with E-state index in [1.165, 1.54) is 6.07 Å². The minimum absolute atomic E-state index is 0. The van der Waals surface area contributed by atoms with Gasteiger partial charge < -0.3 is 25.3 Å². The number of nitrogens with one attached hydrogen (secondary N) is 1. The van der Waals surface area contributed by atoms with Crippen molar-refractivity contribution in [2.45, 2.75) is 33.4 Å². The molecule has 1 aromatic rings. The van der Waals surface area contributed by atoms with Gasteiger partial charge >= 0.3 is 6.61 Å². The monoisotopic (exact) mass is 473 g/mol. The zero-order valence-electron chi connectivity index (χ0n) is 14.5. The number of nitrogens with two attached hydrogens (primary N) is 1. The Balaban J connectivity index is 0.00000576. The first kappa shape index (κ1) is 23.6. The smallest absolute Gasteiger partial charge is 0.387 e. The van der Waals surface area contributed by atoms with Crippen molar-refractivity contribution >= 4 is 29.9 Å². The molecule has 0 unspecified atom stereocenters. The number of guanidine groups is 1. The number of alkyl halides is 2. The van der Waals surface area contributed by atoms with E-state index in [9.17, 15) is 8.78 Å². The summed E-state index contributed by atoms with van der Waals surface area (Å²) in [4.78, 5) is 4.20. The molecule has 0 bridgehead atoms. The molecule has 0 aliphatic carbocycles. The first-order valence-electron chi connectivity index (χ1n) is 7.88. The maximum atomic E-state index is 12.4. The van der Waals surface area contributed by atoms with E-state index in [0.29, 0.717) is 38.9 Å². The van der Waals surface area contributed by atoms with Crippen molar-refractivity contribution in [1.29, 1.82) is 0 Å². The maximum absolute atomic E-state index is 12.4. The Morgan fingerprint density at radius 1 is 1.24 bits per heavy atom. The van der Waals surface area contributed by atoms with Crippen LogP contribution in [0, 0.1) is 0 Å². The number of ether oxygens (including phenoxy) is 3. The molecular weight excluding hydrogens is 447 g/mol. The van der Waals surface area contributed by atoms with Crippen LogP contribution in [0.25, 0.3) is 0 Å². The zero-order valence-corrected chi connectivity index (χ0v) is 16.8. The molecule has 25 heavy (non-hydrogen) atoms. The van der Waals surface area contributed by atoms with Gasteiger partial charge in [-0.15, -0.1) is 24.0 Å². The highest BCUT2D eigenvalue weighted by Crippen LogP contribution is 2.30. The van der Waals surface area contributed by atoms with E-state index in [2.05, 4.69) is 15.0 Å². The molecule has 0 saturated carbocycles. The fourth-order valence-corrected chi connectivity index (χ4v) is 1.88. The van der Waals surface area contributed by atoms with Gasteiger partial charge in [-0.05, 0) is 38.0 Å². The Labute approximate surface area is 164 Å². The van der Waals surface area contributed by atoms with Gasteiger partial charge in [0.2, 0.25) is 0 Å². The van der Waals surface area contributed by atoms with Crippen LogP contribution in [-0.4, -0.2) is 38.9 Å². The largest absolute Gasteiger partial charge is 0.490 e. The Bertz CT molecular complexity index is 519. The standard InChI is InChI=1S/C16H25F2N3O3.HI/c1-3-22-9-5-8-20-16(19)21-11-12-6-7-13(24-15(17)18)14(10-12)23-4-2;/h6-7,10,15H,3-5,8-9,11H2,1-2H3,(H3,19,20,21);1H. The number of halogens is 3. The second-order valence-electron chi connectivity index (χ2n) is 4.77. The molecule has 0 spiro atoms. The molecular formula is C16H26F2IN3O3. The number of hydrogen-bond acceptors (Lipinski definition) is 4. The second kappa shape index (κ2) is 13.9. The third kappa shape index (κ3) is 10.3. The van der Waals surface area contributed by atoms with E-state index in [4.69, 9.17) is 15.2 Å². The summed E-state index contributed by atoms with van der Waals surface area (Å²) in [6, 6.07) is 4.70. The molecule has 0 fully saturated rings. The van der Waals surface area contributed by atoms with Gasteiger partial charge in [0, 0.05) is 19.8 Å². The molecule has 9 heteroatoms. The third-order valence-electron chi connectivity index (χ3n) is 2.93. The van der Waals surface area contributed by atoms with Gasteiger partial charge in [-0.3, -0.25) is 0 Å². The van der Waals surface area contributed by atoms with Gasteiger partial charge in [0.05, 0.1) is 13.2 Å². The van der Waals surface area contributed by atoms with Crippen LogP contribution in [0.2, 0.25) is 0 Å². The van der Waals surface area contributed by atoms with E-state index in [-0.39, 0.29) is 35.5 Å². The summed E-state index contributed by atoms with van der Waals surface area (Å²) < 4.78 is 39.7. The molecule has 0 radical (unpaired) electrons. The summed E-state index contributed by atoms with van der Waals surface area (Å²) in [5.74, 6) is 0.577. The van der Waals surface area contributed by atoms with Crippen LogP contribution in [0.3, 0.4) is 0 Å². The van der Waals surface area contributed by atoms with Gasteiger partial charge in [0.1, 0.15) is 0 Å². The highest BCUT2D eigenvalue weighted by atomic mass is 127. The van der Waals surface area contributed by atoms with Crippen molar-refractivity contribution in [3.8, 4) is 11.5 Å². The normalized spacial score (nSPS) is 11.2. The fraction of sp³-hybridized carbons (Fsp3) is 0.562. The summed E-state index contributed by atoms with van der Waals surface area (Å²) in [5.41, 5.74) is 6.55. The molecule has 0 heterocycles. The van der Waals surface area contributed by atoms with E-state index < -0.39 is 6.61 Å². The number of nitrogens with zero attached hydrogens (tertiary/aromatic N) is 1. The average Bonchev–Trinajstić information content (AvgIpc) is 2.54. The van der Waals surface area contributed by atoms with Crippen LogP contribution in [0.1, 0.15) is 25.8 Å². The van der Waals surface area contributed by atoms with E-state index in [1.807, 2.05) is 6.92 Å². The molecule has 1 rings (SSSR count). The van der Waals surface area contributed by atoms with Crippen LogP contribution < -0.4 is 20.5 Å². The summed E-state index contributed by atoms with van der Waals surface area (Å²) >= 11 is 0. The highest BCUT2D eigenvalue weighted by Gasteiger charge is 2.11. The lowest BCUT2D eigenvalue weighted by Crippen LogP contribution is -2.32.